The molecule has 0 radical (unpaired) electrons. The molecule has 162 valence electrons. The summed E-state index contributed by atoms with van der Waals surface area (Å²) in [6, 6.07) is 15.4. The molecule has 2 aromatic carbocycles. The van der Waals surface area contributed by atoms with Crippen LogP contribution >= 0.6 is 0 Å². The number of methoxy groups -OCH3 is 1. The van der Waals surface area contributed by atoms with Gasteiger partial charge in [-0.15, -0.1) is 0 Å². The summed E-state index contributed by atoms with van der Waals surface area (Å²) in [6.45, 7) is 4.38. The van der Waals surface area contributed by atoms with Gasteiger partial charge in [0.1, 0.15) is 13.2 Å². The highest BCUT2D eigenvalue weighted by Crippen LogP contribution is 2.31. The first-order valence-corrected chi connectivity index (χ1v) is 9.81. The summed E-state index contributed by atoms with van der Waals surface area (Å²) in [5.74, 6) is 0.698. The Morgan fingerprint density at radius 2 is 1.58 bits per heavy atom. The molecule has 0 aliphatic heterocycles. The van der Waals surface area contributed by atoms with Crippen molar-refractivity contribution in [1.82, 2.24) is 4.98 Å². The van der Waals surface area contributed by atoms with Crippen molar-refractivity contribution >= 4 is 6.09 Å². The molecule has 7 nitrogen and oxygen atoms in total. The first kappa shape index (κ1) is 22.1. The summed E-state index contributed by atoms with van der Waals surface area (Å²) in [7, 11) is 1.48. The number of nitrogens with two attached hydrogens (primary N) is 1. The van der Waals surface area contributed by atoms with Crippen molar-refractivity contribution in [2.75, 3.05) is 7.11 Å². The molecular formula is C24H26N2O5. The number of primary amides is 1. The van der Waals surface area contributed by atoms with Crippen LogP contribution in [-0.2, 0) is 24.6 Å². The van der Waals surface area contributed by atoms with Crippen LogP contribution < -0.4 is 15.2 Å². The smallest absolute Gasteiger partial charge is 0.404 e. The van der Waals surface area contributed by atoms with E-state index in [2.05, 4.69) is 24.0 Å². The number of benzene rings is 2. The van der Waals surface area contributed by atoms with Gasteiger partial charge in [0, 0.05) is 6.07 Å². The molecule has 0 saturated carbocycles. The van der Waals surface area contributed by atoms with E-state index in [0.29, 0.717) is 23.9 Å². The second-order valence-electron chi connectivity index (χ2n) is 7.05. The van der Waals surface area contributed by atoms with Crippen molar-refractivity contribution in [1.29, 1.82) is 0 Å². The number of ether oxygens (including phenoxy) is 3. The summed E-state index contributed by atoms with van der Waals surface area (Å²) in [4.78, 5) is 15.1. The van der Waals surface area contributed by atoms with E-state index < -0.39 is 6.09 Å². The van der Waals surface area contributed by atoms with Gasteiger partial charge in [0.25, 0.3) is 0 Å². The average molecular weight is 422 g/mol. The zero-order valence-corrected chi connectivity index (χ0v) is 17.8. The number of amides is 1. The topological polar surface area (TPSA) is 104 Å². The highest BCUT2D eigenvalue weighted by molar-refractivity contribution is 5.72. The van der Waals surface area contributed by atoms with Crippen LogP contribution in [0, 0.1) is 13.8 Å². The van der Waals surface area contributed by atoms with Crippen LogP contribution in [0.15, 0.2) is 48.5 Å². The molecule has 0 saturated heterocycles. The van der Waals surface area contributed by atoms with E-state index in [0.717, 1.165) is 33.4 Å². The fraction of sp³-hybridized carbons (Fsp3) is 0.250. The number of hydrogen-bond donors (Lipinski definition) is 2. The molecule has 31 heavy (non-hydrogen) atoms. The highest BCUT2D eigenvalue weighted by Gasteiger charge is 2.13. The summed E-state index contributed by atoms with van der Waals surface area (Å²) in [6.07, 6.45) is -0.863. The van der Waals surface area contributed by atoms with Crippen LogP contribution in [0.25, 0.3) is 11.1 Å². The lowest BCUT2D eigenvalue weighted by Gasteiger charge is -2.16. The molecule has 1 heterocycles. The van der Waals surface area contributed by atoms with Crippen molar-refractivity contribution in [3.05, 3.63) is 76.3 Å². The molecule has 0 fully saturated rings. The molecule has 0 aliphatic carbocycles. The number of nitrogens with zero attached hydrogens (tertiary/aromatic N) is 1. The number of carbonyl (C=O) groups is 1. The Bertz CT molecular complexity index is 1080. The fourth-order valence-corrected chi connectivity index (χ4v) is 3.40. The molecule has 0 unspecified atom stereocenters. The highest BCUT2D eigenvalue weighted by atomic mass is 16.5. The van der Waals surface area contributed by atoms with E-state index in [1.54, 1.807) is 12.1 Å². The molecule has 1 amide bonds. The molecule has 0 aliphatic rings. The van der Waals surface area contributed by atoms with Gasteiger partial charge in [-0.1, -0.05) is 36.4 Å². The first-order chi connectivity index (χ1) is 14.9. The second-order valence-corrected chi connectivity index (χ2v) is 7.05. The molecule has 1 aromatic heterocycles. The van der Waals surface area contributed by atoms with Gasteiger partial charge in [0.2, 0.25) is 11.8 Å². The second kappa shape index (κ2) is 9.95. The van der Waals surface area contributed by atoms with Crippen molar-refractivity contribution in [3.63, 3.8) is 0 Å². The minimum Gasteiger partial charge on any atom is -0.481 e. The monoisotopic (exact) mass is 422 g/mol. The summed E-state index contributed by atoms with van der Waals surface area (Å²) in [5, 5.41) is 9.58. The van der Waals surface area contributed by atoms with Gasteiger partial charge in [-0.2, -0.15) is 4.98 Å². The SMILES string of the molecule is COc1nc(OCc2cccc(-c3cccc(CO)c3C)c2C)ccc1COC(N)=O. The number of rotatable bonds is 8. The number of aliphatic hydroxyl groups excluding tert-OH is 1. The molecular weight excluding hydrogens is 396 g/mol. The summed E-state index contributed by atoms with van der Waals surface area (Å²) >= 11 is 0. The van der Waals surface area contributed by atoms with Gasteiger partial charge in [-0.25, -0.2) is 4.79 Å². The Morgan fingerprint density at radius 1 is 0.935 bits per heavy atom. The molecule has 7 heteroatoms. The van der Waals surface area contributed by atoms with Crippen molar-refractivity contribution in [2.45, 2.75) is 33.7 Å². The van der Waals surface area contributed by atoms with Crippen LogP contribution in [0.1, 0.15) is 27.8 Å². The van der Waals surface area contributed by atoms with E-state index in [1.807, 2.05) is 31.2 Å². The van der Waals surface area contributed by atoms with E-state index in [-0.39, 0.29) is 13.2 Å². The lowest BCUT2D eigenvalue weighted by Crippen LogP contribution is -2.13. The maximum atomic E-state index is 10.8. The van der Waals surface area contributed by atoms with Crippen LogP contribution in [0.2, 0.25) is 0 Å². The number of aromatic nitrogens is 1. The minimum atomic E-state index is -0.863. The number of pyridine rings is 1. The maximum absolute atomic E-state index is 10.8. The van der Waals surface area contributed by atoms with Gasteiger partial charge in [0.05, 0.1) is 19.3 Å². The molecule has 3 rings (SSSR count). The molecule has 0 bridgehead atoms. The third-order valence-electron chi connectivity index (χ3n) is 5.20. The van der Waals surface area contributed by atoms with Crippen molar-refractivity contribution in [3.8, 4) is 22.9 Å². The number of aliphatic hydroxyl groups is 1. The quantitative estimate of drug-likeness (QED) is 0.568. The van der Waals surface area contributed by atoms with Crippen molar-refractivity contribution < 1.29 is 24.1 Å². The Hall–Kier alpha value is -3.58. The molecule has 0 atom stereocenters. The van der Waals surface area contributed by atoms with Gasteiger partial charge in [-0.05, 0) is 53.3 Å². The first-order valence-electron chi connectivity index (χ1n) is 9.81. The molecule has 0 spiro atoms. The average Bonchev–Trinajstić information content (AvgIpc) is 2.77. The lowest BCUT2D eigenvalue weighted by molar-refractivity contribution is 0.148. The molecule has 3 aromatic rings. The Kier molecular flexibility index (Phi) is 7.10. The lowest BCUT2D eigenvalue weighted by atomic mass is 9.92. The number of hydrogen-bond acceptors (Lipinski definition) is 6. The number of carbonyl (C=O) groups excluding carboxylic acids is 1. The van der Waals surface area contributed by atoms with Crippen LogP contribution in [0.4, 0.5) is 4.79 Å². The van der Waals surface area contributed by atoms with Gasteiger partial charge in [0.15, 0.2) is 0 Å². The zero-order chi connectivity index (χ0) is 22.4. The van der Waals surface area contributed by atoms with Crippen LogP contribution in [-0.4, -0.2) is 23.3 Å². The minimum absolute atomic E-state index is 0.00943. The Balaban J connectivity index is 1.80. The third-order valence-corrected chi connectivity index (χ3v) is 5.20. The zero-order valence-electron chi connectivity index (χ0n) is 17.8. The predicted octanol–water partition coefficient (Wildman–Crippen LogP) is 4.04. The summed E-state index contributed by atoms with van der Waals surface area (Å²) in [5.41, 5.74) is 11.9. The van der Waals surface area contributed by atoms with Crippen LogP contribution in [0.5, 0.6) is 11.8 Å². The fourth-order valence-electron chi connectivity index (χ4n) is 3.40. The predicted molar refractivity (Wildman–Crippen MR) is 117 cm³/mol. The van der Waals surface area contributed by atoms with E-state index in [4.69, 9.17) is 19.9 Å². The largest absolute Gasteiger partial charge is 0.481 e. The normalized spacial score (nSPS) is 10.6. The van der Waals surface area contributed by atoms with E-state index in [9.17, 15) is 9.90 Å². The van der Waals surface area contributed by atoms with Gasteiger partial charge in [-0.3, -0.25) is 0 Å². The Morgan fingerprint density at radius 3 is 2.19 bits per heavy atom. The van der Waals surface area contributed by atoms with Crippen LogP contribution in [0.3, 0.4) is 0 Å². The standard InChI is InChI=1S/C24H26N2O5/c1-15-17(12-27)6-4-8-20(15)21-9-5-7-18(16(21)2)13-30-22-11-10-19(14-31-24(25)28)23(26-22)29-3/h4-11,27H,12-14H2,1-3H3,(H2,25,28). The van der Waals surface area contributed by atoms with Gasteiger partial charge < -0.3 is 25.1 Å². The van der Waals surface area contributed by atoms with E-state index >= 15 is 0 Å². The third kappa shape index (κ3) is 5.13. The van der Waals surface area contributed by atoms with Crippen molar-refractivity contribution in [2.24, 2.45) is 5.73 Å². The maximum Gasteiger partial charge on any atom is 0.404 e. The molecule has 3 N–H and O–H groups in total. The summed E-state index contributed by atoms with van der Waals surface area (Å²) < 4.78 is 16.0. The van der Waals surface area contributed by atoms with E-state index in [1.165, 1.54) is 7.11 Å². The Labute approximate surface area is 181 Å². The van der Waals surface area contributed by atoms with Gasteiger partial charge >= 0.3 is 6.09 Å².